The van der Waals surface area contributed by atoms with Crippen molar-refractivity contribution in [2.45, 2.75) is 44.6 Å². The minimum Gasteiger partial charge on any atom is -0.322 e. The third-order valence-electron chi connectivity index (χ3n) is 4.16. The van der Waals surface area contributed by atoms with E-state index < -0.39 is 0 Å². The van der Waals surface area contributed by atoms with Crippen molar-refractivity contribution in [3.8, 4) is 0 Å². The minimum atomic E-state index is -0.0696. The molecule has 21 heavy (non-hydrogen) atoms. The van der Waals surface area contributed by atoms with Gasteiger partial charge in [-0.2, -0.15) is 11.8 Å². The van der Waals surface area contributed by atoms with Crippen LogP contribution in [-0.4, -0.2) is 34.9 Å². The number of hydrogen-bond acceptors (Lipinski definition) is 3. The van der Waals surface area contributed by atoms with Crippen molar-refractivity contribution >= 4 is 17.7 Å². The Bertz CT molecular complexity index is 463. The number of nitrogens with zero attached hydrogens (tertiary/aromatic N) is 1. The maximum Gasteiger partial charge on any atom is 0.241 e. The Morgan fingerprint density at radius 2 is 1.90 bits per heavy atom. The van der Waals surface area contributed by atoms with Gasteiger partial charge in [0.15, 0.2) is 0 Å². The molecule has 3 atom stereocenters. The molecule has 1 N–H and O–H groups in total. The van der Waals surface area contributed by atoms with Crippen LogP contribution in [0.3, 0.4) is 0 Å². The summed E-state index contributed by atoms with van der Waals surface area (Å²) >= 11 is 1.86. The normalized spacial score (nSPS) is 23.9. The molecule has 1 aliphatic heterocycles. The van der Waals surface area contributed by atoms with Crippen LogP contribution in [0.25, 0.3) is 0 Å². The SMILES string of the molecule is CSC(C)CCN1C(=O)C(C(C)C)NC1c1ccccc1. The second-order valence-electron chi connectivity index (χ2n) is 6.07. The topological polar surface area (TPSA) is 32.3 Å². The molecule has 1 saturated heterocycles. The summed E-state index contributed by atoms with van der Waals surface area (Å²) in [5.41, 5.74) is 1.17. The second-order valence-corrected chi connectivity index (χ2v) is 7.34. The first-order valence-corrected chi connectivity index (χ1v) is 8.97. The number of rotatable bonds is 6. The molecule has 1 aromatic carbocycles. The van der Waals surface area contributed by atoms with E-state index in [4.69, 9.17) is 0 Å². The number of thioether (sulfide) groups is 1. The second kappa shape index (κ2) is 7.32. The number of carbonyl (C=O) groups is 1. The zero-order chi connectivity index (χ0) is 15.4. The summed E-state index contributed by atoms with van der Waals surface area (Å²) in [4.78, 5) is 14.7. The molecule has 4 heteroatoms. The van der Waals surface area contributed by atoms with Crippen molar-refractivity contribution < 1.29 is 4.79 Å². The van der Waals surface area contributed by atoms with Gasteiger partial charge in [0.2, 0.25) is 5.91 Å². The van der Waals surface area contributed by atoms with E-state index >= 15 is 0 Å². The summed E-state index contributed by atoms with van der Waals surface area (Å²) in [6.45, 7) is 7.24. The van der Waals surface area contributed by atoms with Gasteiger partial charge in [-0.15, -0.1) is 0 Å². The Labute approximate surface area is 132 Å². The third kappa shape index (κ3) is 3.80. The lowest BCUT2D eigenvalue weighted by Crippen LogP contribution is -2.35. The van der Waals surface area contributed by atoms with Crippen LogP contribution in [-0.2, 0) is 4.79 Å². The number of carbonyl (C=O) groups excluding carboxylic acids is 1. The molecule has 0 spiro atoms. The molecule has 1 heterocycles. The largest absolute Gasteiger partial charge is 0.322 e. The highest BCUT2D eigenvalue weighted by atomic mass is 32.2. The molecule has 2 rings (SSSR count). The van der Waals surface area contributed by atoms with Crippen LogP contribution >= 0.6 is 11.8 Å². The Morgan fingerprint density at radius 3 is 2.48 bits per heavy atom. The van der Waals surface area contributed by atoms with Gasteiger partial charge in [0.1, 0.15) is 6.17 Å². The van der Waals surface area contributed by atoms with Crippen LogP contribution in [0.4, 0.5) is 0 Å². The smallest absolute Gasteiger partial charge is 0.241 e. The lowest BCUT2D eigenvalue weighted by molar-refractivity contribution is -0.130. The molecular weight excluding hydrogens is 280 g/mol. The van der Waals surface area contributed by atoms with Gasteiger partial charge in [-0.3, -0.25) is 10.1 Å². The van der Waals surface area contributed by atoms with E-state index in [-0.39, 0.29) is 18.1 Å². The minimum absolute atomic E-state index is 0.0140. The Balaban J connectivity index is 2.17. The van der Waals surface area contributed by atoms with Crippen molar-refractivity contribution in [2.75, 3.05) is 12.8 Å². The summed E-state index contributed by atoms with van der Waals surface area (Å²) in [7, 11) is 0. The maximum absolute atomic E-state index is 12.7. The van der Waals surface area contributed by atoms with Gasteiger partial charge in [-0.25, -0.2) is 0 Å². The van der Waals surface area contributed by atoms with E-state index in [1.165, 1.54) is 5.56 Å². The molecule has 3 nitrogen and oxygen atoms in total. The molecule has 1 aromatic rings. The number of amides is 1. The van der Waals surface area contributed by atoms with Crippen molar-refractivity contribution in [2.24, 2.45) is 5.92 Å². The standard InChI is InChI=1S/C17H26N2OS/c1-12(2)15-17(20)19(11-10-13(3)21-4)16(18-15)14-8-6-5-7-9-14/h5-9,12-13,15-16,18H,10-11H2,1-4H3. The molecule has 0 aliphatic carbocycles. The quantitative estimate of drug-likeness (QED) is 0.875. The molecule has 0 bridgehead atoms. The predicted molar refractivity (Wildman–Crippen MR) is 90.3 cm³/mol. The van der Waals surface area contributed by atoms with E-state index in [0.29, 0.717) is 11.2 Å². The Hall–Kier alpha value is -1.00. The van der Waals surface area contributed by atoms with Crippen molar-refractivity contribution in [1.29, 1.82) is 0 Å². The summed E-state index contributed by atoms with van der Waals surface area (Å²) in [5.74, 6) is 0.554. The van der Waals surface area contributed by atoms with Gasteiger partial charge in [-0.05, 0) is 24.2 Å². The van der Waals surface area contributed by atoms with E-state index in [1.54, 1.807) is 0 Å². The van der Waals surface area contributed by atoms with Gasteiger partial charge >= 0.3 is 0 Å². The number of benzene rings is 1. The first-order chi connectivity index (χ1) is 10.0. The molecule has 1 aliphatic rings. The van der Waals surface area contributed by atoms with Crippen LogP contribution in [0.5, 0.6) is 0 Å². The van der Waals surface area contributed by atoms with Crippen LogP contribution < -0.4 is 5.32 Å². The highest BCUT2D eigenvalue weighted by Gasteiger charge is 2.40. The van der Waals surface area contributed by atoms with Gasteiger partial charge in [0, 0.05) is 11.8 Å². The highest BCUT2D eigenvalue weighted by molar-refractivity contribution is 7.99. The first kappa shape index (κ1) is 16.4. The molecule has 116 valence electrons. The summed E-state index contributed by atoms with van der Waals surface area (Å²) < 4.78 is 0. The molecule has 0 aromatic heterocycles. The lowest BCUT2D eigenvalue weighted by atomic mass is 10.1. The van der Waals surface area contributed by atoms with Crippen LogP contribution in [0.2, 0.25) is 0 Å². The van der Waals surface area contributed by atoms with Crippen molar-refractivity contribution in [1.82, 2.24) is 10.2 Å². The Morgan fingerprint density at radius 1 is 1.24 bits per heavy atom. The van der Waals surface area contributed by atoms with Gasteiger partial charge < -0.3 is 4.90 Å². The molecule has 0 saturated carbocycles. The zero-order valence-electron chi connectivity index (χ0n) is 13.4. The monoisotopic (exact) mass is 306 g/mol. The van der Waals surface area contributed by atoms with Crippen molar-refractivity contribution in [3.05, 3.63) is 35.9 Å². The molecule has 1 fully saturated rings. The third-order valence-corrected chi connectivity index (χ3v) is 5.20. The van der Waals surface area contributed by atoms with E-state index in [9.17, 15) is 4.79 Å². The lowest BCUT2D eigenvalue weighted by Gasteiger charge is -2.25. The zero-order valence-corrected chi connectivity index (χ0v) is 14.2. The molecule has 0 radical (unpaired) electrons. The fourth-order valence-corrected chi connectivity index (χ4v) is 3.05. The highest BCUT2D eigenvalue weighted by Crippen LogP contribution is 2.28. The summed E-state index contributed by atoms with van der Waals surface area (Å²) in [5, 5.41) is 4.09. The predicted octanol–water partition coefficient (Wildman–Crippen LogP) is 3.28. The van der Waals surface area contributed by atoms with Crippen LogP contribution in [0.15, 0.2) is 30.3 Å². The van der Waals surface area contributed by atoms with Crippen LogP contribution in [0, 0.1) is 5.92 Å². The van der Waals surface area contributed by atoms with E-state index in [1.807, 2.05) is 34.9 Å². The molecule has 1 amide bonds. The number of nitrogens with one attached hydrogen (secondary N) is 1. The average molecular weight is 306 g/mol. The summed E-state index contributed by atoms with van der Waals surface area (Å²) in [6.07, 6.45) is 3.17. The molecular formula is C17H26N2OS. The first-order valence-electron chi connectivity index (χ1n) is 7.69. The van der Waals surface area contributed by atoms with Gasteiger partial charge in [0.05, 0.1) is 6.04 Å². The van der Waals surface area contributed by atoms with Crippen LogP contribution in [0.1, 0.15) is 38.9 Å². The molecule has 3 unspecified atom stereocenters. The van der Waals surface area contributed by atoms with E-state index in [2.05, 4.69) is 44.5 Å². The Kier molecular flexibility index (Phi) is 5.71. The fourth-order valence-electron chi connectivity index (χ4n) is 2.70. The van der Waals surface area contributed by atoms with Gasteiger partial charge in [0.25, 0.3) is 0 Å². The summed E-state index contributed by atoms with van der Waals surface area (Å²) in [6, 6.07) is 10.2. The van der Waals surface area contributed by atoms with Crippen molar-refractivity contribution in [3.63, 3.8) is 0 Å². The maximum atomic E-state index is 12.7. The fraction of sp³-hybridized carbons (Fsp3) is 0.588. The average Bonchev–Trinajstić information content (AvgIpc) is 2.82. The van der Waals surface area contributed by atoms with Gasteiger partial charge in [-0.1, -0.05) is 51.1 Å². The van der Waals surface area contributed by atoms with E-state index in [0.717, 1.165) is 13.0 Å². The number of hydrogen-bond donors (Lipinski definition) is 1.